The summed E-state index contributed by atoms with van der Waals surface area (Å²) < 4.78 is 39.0. The number of hydrazine groups is 1. The minimum absolute atomic E-state index is 0.0692. The molecule has 0 unspecified atom stereocenters. The second kappa shape index (κ2) is 6.44. The van der Waals surface area contributed by atoms with Gasteiger partial charge in [-0.3, -0.25) is 10.4 Å². The van der Waals surface area contributed by atoms with Crippen molar-refractivity contribution < 1.29 is 17.9 Å². The van der Waals surface area contributed by atoms with Crippen LogP contribution in [0.2, 0.25) is 0 Å². The second-order valence-electron chi connectivity index (χ2n) is 2.31. The smallest absolute Gasteiger partial charge is 0.370 e. The summed E-state index contributed by atoms with van der Waals surface area (Å²) in [5, 5.41) is 2.63. The largest absolute Gasteiger partial charge is 0.411 e. The third-order valence-electron chi connectivity index (χ3n) is 1.16. The Morgan fingerprint density at radius 1 is 1.50 bits per heavy atom. The van der Waals surface area contributed by atoms with E-state index in [9.17, 15) is 13.2 Å². The van der Waals surface area contributed by atoms with Gasteiger partial charge in [0.25, 0.3) is 0 Å². The molecule has 0 heterocycles. The Morgan fingerprint density at radius 3 is 2.57 bits per heavy atom. The van der Waals surface area contributed by atoms with Gasteiger partial charge in [-0.15, -0.1) is 0 Å². The van der Waals surface area contributed by atoms with E-state index >= 15 is 0 Å². The Morgan fingerprint density at radius 2 is 2.14 bits per heavy atom. The quantitative estimate of drug-likeness (QED) is 0.196. The van der Waals surface area contributed by atoms with Crippen molar-refractivity contribution in [1.82, 2.24) is 10.7 Å². The standard InChI is InChI=1S/C6H13F3N4O/c1-11-5(13-10)12-2-3-14-4-6(7,8)9/h2-4,10H2,1H3,(H2,11,12,13). The number of hydrogen-bond acceptors (Lipinski definition) is 3. The number of aliphatic imine (C=N–C) groups is 1. The number of guanidine groups is 1. The van der Waals surface area contributed by atoms with E-state index < -0.39 is 12.8 Å². The van der Waals surface area contributed by atoms with E-state index in [1.54, 1.807) is 0 Å². The van der Waals surface area contributed by atoms with Crippen LogP contribution in [0.15, 0.2) is 4.99 Å². The number of nitrogens with one attached hydrogen (secondary N) is 2. The fourth-order valence-corrected chi connectivity index (χ4v) is 0.624. The van der Waals surface area contributed by atoms with Gasteiger partial charge in [-0.25, -0.2) is 5.84 Å². The predicted octanol–water partition coefficient (Wildman–Crippen LogP) is -0.396. The molecule has 8 heteroatoms. The van der Waals surface area contributed by atoms with Gasteiger partial charge in [-0.2, -0.15) is 13.2 Å². The van der Waals surface area contributed by atoms with Crippen molar-refractivity contribution in [1.29, 1.82) is 0 Å². The maximum absolute atomic E-state index is 11.6. The van der Waals surface area contributed by atoms with Crippen LogP contribution in [0.1, 0.15) is 0 Å². The Kier molecular flexibility index (Phi) is 5.97. The first-order chi connectivity index (χ1) is 6.49. The van der Waals surface area contributed by atoms with E-state index in [1.165, 1.54) is 7.05 Å². The van der Waals surface area contributed by atoms with Crippen molar-refractivity contribution in [2.75, 3.05) is 26.8 Å². The molecule has 0 spiro atoms. The van der Waals surface area contributed by atoms with Crippen LogP contribution in [-0.2, 0) is 4.74 Å². The number of ether oxygens (including phenoxy) is 1. The topological polar surface area (TPSA) is 71.7 Å². The summed E-state index contributed by atoms with van der Waals surface area (Å²) in [4.78, 5) is 3.64. The number of rotatable bonds is 4. The maximum atomic E-state index is 11.6. The molecule has 0 aromatic rings. The third-order valence-corrected chi connectivity index (χ3v) is 1.16. The van der Waals surface area contributed by atoms with E-state index in [4.69, 9.17) is 5.84 Å². The average molecular weight is 214 g/mol. The monoisotopic (exact) mass is 214 g/mol. The molecule has 14 heavy (non-hydrogen) atoms. The summed E-state index contributed by atoms with van der Waals surface area (Å²) in [6.45, 7) is -1.11. The fourth-order valence-electron chi connectivity index (χ4n) is 0.624. The Bertz CT molecular complexity index is 182. The minimum Gasteiger partial charge on any atom is -0.370 e. The lowest BCUT2D eigenvalue weighted by Gasteiger charge is -2.09. The molecule has 0 aliphatic heterocycles. The molecule has 0 aromatic carbocycles. The van der Waals surface area contributed by atoms with Crippen LogP contribution in [0.25, 0.3) is 0 Å². The highest BCUT2D eigenvalue weighted by atomic mass is 19.4. The molecule has 0 saturated carbocycles. The van der Waals surface area contributed by atoms with Gasteiger partial charge in [-0.1, -0.05) is 0 Å². The molecular weight excluding hydrogens is 201 g/mol. The zero-order valence-corrected chi connectivity index (χ0v) is 7.69. The van der Waals surface area contributed by atoms with Crippen LogP contribution in [0.4, 0.5) is 13.2 Å². The molecule has 5 nitrogen and oxygen atoms in total. The summed E-state index contributed by atoms with van der Waals surface area (Å²) in [7, 11) is 1.48. The van der Waals surface area contributed by atoms with Crippen LogP contribution in [0.3, 0.4) is 0 Å². The van der Waals surface area contributed by atoms with Gasteiger partial charge in [0.1, 0.15) is 6.61 Å². The van der Waals surface area contributed by atoms with Gasteiger partial charge in [-0.05, 0) is 0 Å². The molecule has 0 radical (unpaired) electrons. The van der Waals surface area contributed by atoms with Crippen molar-refractivity contribution in [3.8, 4) is 0 Å². The highest BCUT2D eigenvalue weighted by Gasteiger charge is 2.27. The molecule has 0 amide bonds. The lowest BCUT2D eigenvalue weighted by atomic mass is 10.6. The van der Waals surface area contributed by atoms with Crippen LogP contribution < -0.4 is 16.6 Å². The molecule has 0 saturated heterocycles. The first-order valence-electron chi connectivity index (χ1n) is 3.81. The van der Waals surface area contributed by atoms with Gasteiger partial charge >= 0.3 is 6.18 Å². The van der Waals surface area contributed by atoms with E-state index in [2.05, 4.69) is 20.5 Å². The number of hydrogen-bond donors (Lipinski definition) is 3. The lowest BCUT2D eigenvalue weighted by molar-refractivity contribution is -0.173. The zero-order chi connectivity index (χ0) is 11.0. The van der Waals surface area contributed by atoms with Crippen LogP contribution in [0.5, 0.6) is 0 Å². The highest BCUT2D eigenvalue weighted by molar-refractivity contribution is 5.78. The summed E-state index contributed by atoms with van der Waals surface area (Å²) in [6.07, 6.45) is -4.28. The number of nitrogens with two attached hydrogens (primary N) is 1. The maximum Gasteiger partial charge on any atom is 0.411 e. The Balaban J connectivity index is 3.39. The summed E-state index contributed by atoms with van der Waals surface area (Å²) >= 11 is 0. The fraction of sp³-hybridized carbons (Fsp3) is 0.833. The van der Waals surface area contributed by atoms with Crippen molar-refractivity contribution in [2.24, 2.45) is 10.8 Å². The first-order valence-corrected chi connectivity index (χ1v) is 3.81. The van der Waals surface area contributed by atoms with Crippen molar-refractivity contribution in [3.63, 3.8) is 0 Å². The molecule has 0 aliphatic rings. The third kappa shape index (κ3) is 7.62. The molecule has 0 bridgehead atoms. The minimum atomic E-state index is -4.28. The average Bonchev–Trinajstić information content (AvgIpc) is 2.09. The number of nitrogens with zero attached hydrogens (tertiary/aromatic N) is 1. The SMILES string of the molecule is CN=C(NN)NCCOCC(F)(F)F. The summed E-state index contributed by atoms with van der Waals surface area (Å²) in [5.74, 6) is 5.30. The molecule has 0 aliphatic carbocycles. The van der Waals surface area contributed by atoms with Crippen molar-refractivity contribution >= 4 is 5.96 Å². The molecule has 84 valence electrons. The van der Waals surface area contributed by atoms with Crippen LogP contribution in [0, 0.1) is 0 Å². The van der Waals surface area contributed by atoms with Gasteiger partial charge in [0, 0.05) is 13.6 Å². The zero-order valence-electron chi connectivity index (χ0n) is 7.69. The molecule has 0 atom stereocenters. The molecule has 0 aromatic heterocycles. The molecule has 4 N–H and O–H groups in total. The molecule has 0 fully saturated rings. The normalized spacial score (nSPS) is 12.8. The number of alkyl halides is 3. The van der Waals surface area contributed by atoms with Crippen LogP contribution >= 0.6 is 0 Å². The predicted molar refractivity (Wildman–Crippen MR) is 45.6 cm³/mol. The molecular formula is C6H13F3N4O. The van der Waals surface area contributed by atoms with E-state index in [0.29, 0.717) is 5.96 Å². The van der Waals surface area contributed by atoms with Crippen LogP contribution in [-0.4, -0.2) is 38.9 Å². The first kappa shape index (κ1) is 13.0. The van der Waals surface area contributed by atoms with Crippen molar-refractivity contribution in [3.05, 3.63) is 0 Å². The van der Waals surface area contributed by atoms with Crippen molar-refractivity contribution in [2.45, 2.75) is 6.18 Å². The summed E-state index contributed by atoms with van der Waals surface area (Å²) in [6, 6.07) is 0. The second-order valence-corrected chi connectivity index (χ2v) is 2.31. The van der Waals surface area contributed by atoms with Gasteiger partial charge in [0.2, 0.25) is 5.96 Å². The van der Waals surface area contributed by atoms with E-state index in [-0.39, 0.29) is 13.2 Å². The molecule has 0 rings (SSSR count). The highest BCUT2D eigenvalue weighted by Crippen LogP contribution is 2.13. The van der Waals surface area contributed by atoms with Gasteiger partial charge in [0.05, 0.1) is 6.61 Å². The van der Waals surface area contributed by atoms with E-state index in [1.807, 2.05) is 0 Å². The van der Waals surface area contributed by atoms with E-state index in [0.717, 1.165) is 0 Å². The Hall–Kier alpha value is -1.02. The van der Waals surface area contributed by atoms with Gasteiger partial charge < -0.3 is 10.1 Å². The number of halogens is 3. The Labute approximate surface area is 79.5 Å². The lowest BCUT2D eigenvalue weighted by Crippen LogP contribution is -2.42. The summed E-state index contributed by atoms with van der Waals surface area (Å²) in [5.41, 5.74) is 2.22. The van der Waals surface area contributed by atoms with Gasteiger partial charge in [0.15, 0.2) is 0 Å².